The largest absolute Gasteiger partial charge is 0.481 e. The van der Waals surface area contributed by atoms with E-state index in [0.29, 0.717) is 19.5 Å². The molecule has 0 spiro atoms. The average Bonchev–Trinajstić information content (AvgIpc) is 2.53. The van der Waals surface area contributed by atoms with Crippen LogP contribution in [0.5, 0.6) is 0 Å². The lowest BCUT2D eigenvalue weighted by Gasteiger charge is -2.20. The van der Waals surface area contributed by atoms with Crippen LogP contribution in [0.15, 0.2) is 12.2 Å². The second-order valence-corrected chi connectivity index (χ2v) is 6.06. The van der Waals surface area contributed by atoms with Gasteiger partial charge >= 0.3 is 5.97 Å². The standard InChI is InChI=1S/C19H35NO3/c1-4-7-8-9-10-11-12-13-14-15-17(19(22)23)16-18(21)20(5-2)6-3/h11-12,17H,4-10,13-16H2,1-3H3,(H,22,23)/b12-11+. The van der Waals surface area contributed by atoms with Crippen molar-refractivity contribution in [2.45, 2.75) is 78.6 Å². The maximum atomic E-state index is 12.0. The number of allylic oxidation sites excluding steroid dienone is 2. The van der Waals surface area contributed by atoms with Crippen LogP contribution in [0.2, 0.25) is 0 Å². The van der Waals surface area contributed by atoms with E-state index in [0.717, 1.165) is 19.3 Å². The van der Waals surface area contributed by atoms with Gasteiger partial charge in [0.15, 0.2) is 0 Å². The Morgan fingerprint density at radius 3 is 2.09 bits per heavy atom. The van der Waals surface area contributed by atoms with Gasteiger partial charge in [-0.1, -0.05) is 38.3 Å². The molecule has 0 radical (unpaired) electrons. The second kappa shape index (κ2) is 14.3. The molecule has 1 atom stereocenters. The van der Waals surface area contributed by atoms with Gasteiger partial charge in [0.2, 0.25) is 5.91 Å². The van der Waals surface area contributed by atoms with Crippen molar-refractivity contribution in [1.29, 1.82) is 0 Å². The molecule has 4 heteroatoms. The molecule has 23 heavy (non-hydrogen) atoms. The fourth-order valence-electron chi connectivity index (χ4n) is 2.64. The van der Waals surface area contributed by atoms with Gasteiger partial charge in [-0.3, -0.25) is 9.59 Å². The summed E-state index contributed by atoms with van der Waals surface area (Å²) in [4.78, 5) is 25.0. The molecule has 0 fully saturated rings. The molecular formula is C19H35NO3. The first-order valence-electron chi connectivity index (χ1n) is 9.22. The Labute approximate surface area is 141 Å². The van der Waals surface area contributed by atoms with Gasteiger partial charge in [0.25, 0.3) is 0 Å². The molecule has 4 nitrogen and oxygen atoms in total. The van der Waals surface area contributed by atoms with Crippen molar-refractivity contribution in [2.24, 2.45) is 5.92 Å². The fourth-order valence-corrected chi connectivity index (χ4v) is 2.64. The Balaban J connectivity index is 3.99. The van der Waals surface area contributed by atoms with Crippen molar-refractivity contribution in [3.63, 3.8) is 0 Å². The van der Waals surface area contributed by atoms with E-state index in [2.05, 4.69) is 19.1 Å². The summed E-state index contributed by atoms with van der Waals surface area (Å²) in [7, 11) is 0. The van der Waals surface area contributed by atoms with Crippen molar-refractivity contribution < 1.29 is 14.7 Å². The third kappa shape index (κ3) is 10.9. The van der Waals surface area contributed by atoms with E-state index in [-0.39, 0.29) is 12.3 Å². The molecule has 0 heterocycles. The van der Waals surface area contributed by atoms with Crippen molar-refractivity contribution in [1.82, 2.24) is 4.90 Å². The Morgan fingerprint density at radius 2 is 1.57 bits per heavy atom. The van der Waals surface area contributed by atoms with E-state index in [9.17, 15) is 14.7 Å². The van der Waals surface area contributed by atoms with Crippen LogP contribution in [0, 0.1) is 5.92 Å². The molecule has 0 bridgehead atoms. The molecule has 0 aliphatic rings. The molecule has 134 valence electrons. The van der Waals surface area contributed by atoms with E-state index in [1.807, 2.05) is 13.8 Å². The van der Waals surface area contributed by atoms with Gasteiger partial charge in [-0.05, 0) is 46.0 Å². The van der Waals surface area contributed by atoms with Gasteiger partial charge in [-0.15, -0.1) is 0 Å². The molecule has 1 unspecified atom stereocenters. The lowest BCUT2D eigenvalue weighted by Crippen LogP contribution is -2.33. The highest BCUT2D eigenvalue weighted by atomic mass is 16.4. The third-order valence-corrected chi connectivity index (χ3v) is 4.20. The number of rotatable bonds is 14. The number of nitrogens with zero attached hydrogens (tertiary/aromatic N) is 1. The molecule has 0 aromatic rings. The topological polar surface area (TPSA) is 57.6 Å². The molecule has 0 saturated heterocycles. The zero-order chi connectivity index (χ0) is 17.5. The Hall–Kier alpha value is -1.32. The average molecular weight is 325 g/mol. The summed E-state index contributed by atoms with van der Waals surface area (Å²) >= 11 is 0. The van der Waals surface area contributed by atoms with Gasteiger partial charge in [-0.2, -0.15) is 0 Å². The highest BCUT2D eigenvalue weighted by molar-refractivity contribution is 5.82. The molecule has 1 N–H and O–H groups in total. The molecule has 0 aromatic carbocycles. The summed E-state index contributed by atoms with van der Waals surface area (Å²) in [6, 6.07) is 0. The van der Waals surface area contributed by atoms with E-state index in [1.54, 1.807) is 4.90 Å². The van der Waals surface area contributed by atoms with Crippen molar-refractivity contribution in [2.75, 3.05) is 13.1 Å². The van der Waals surface area contributed by atoms with Crippen molar-refractivity contribution in [3.8, 4) is 0 Å². The number of unbranched alkanes of at least 4 members (excludes halogenated alkanes) is 5. The zero-order valence-corrected chi connectivity index (χ0v) is 15.2. The Bertz CT molecular complexity index is 349. The summed E-state index contributed by atoms with van der Waals surface area (Å²) in [5, 5.41) is 9.28. The lowest BCUT2D eigenvalue weighted by atomic mass is 9.97. The third-order valence-electron chi connectivity index (χ3n) is 4.20. The summed E-state index contributed by atoms with van der Waals surface area (Å²) in [5.74, 6) is -1.45. The van der Waals surface area contributed by atoms with E-state index < -0.39 is 11.9 Å². The van der Waals surface area contributed by atoms with Gasteiger partial charge in [0, 0.05) is 19.5 Å². The van der Waals surface area contributed by atoms with Gasteiger partial charge in [-0.25, -0.2) is 0 Å². The van der Waals surface area contributed by atoms with Crippen LogP contribution >= 0.6 is 0 Å². The number of aliphatic carboxylic acids is 1. The summed E-state index contributed by atoms with van der Waals surface area (Å²) in [6.07, 6.45) is 13.0. The van der Waals surface area contributed by atoms with Crippen LogP contribution in [-0.2, 0) is 9.59 Å². The minimum Gasteiger partial charge on any atom is -0.481 e. The SMILES string of the molecule is CCCCCC/C=C/CCCC(CC(=O)N(CC)CC)C(=O)O. The first-order valence-corrected chi connectivity index (χ1v) is 9.22. The fraction of sp³-hybridized carbons (Fsp3) is 0.789. The predicted molar refractivity (Wildman–Crippen MR) is 95.4 cm³/mol. The van der Waals surface area contributed by atoms with Crippen LogP contribution < -0.4 is 0 Å². The van der Waals surface area contributed by atoms with E-state index in [1.165, 1.54) is 25.7 Å². The molecule has 0 aromatic heterocycles. The van der Waals surface area contributed by atoms with E-state index in [4.69, 9.17) is 0 Å². The number of carboxylic acid groups (broad SMARTS) is 1. The summed E-state index contributed by atoms with van der Waals surface area (Å²) in [6.45, 7) is 7.33. The molecule has 0 rings (SSSR count). The monoisotopic (exact) mass is 325 g/mol. The van der Waals surface area contributed by atoms with Crippen LogP contribution in [0.25, 0.3) is 0 Å². The van der Waals surface area contributed by atoms with Crippen LogP contribution in [0.1, 0.15) is 78.6 Å². The lowest BCUT2D eigenvalue weighted by molar-refractivity contribution is -0.146. The second-order valence-electron chi connectivity index (χ2n) is 6.06. The summed E-state index contributed by atoms with van der Waals surface area (Å²) < 4.78 is 0. The van der Waals surface area contributed by atoms with Crippen LogP contribution in [0.3, 0.4) is 0 Å². The van der Waals surface area contributed by atoms with E-state index >= 15 is 0 Å². The first kappa shape index (κ1) is 21.7. The minimum absolute atomic E-state index is 0.0473. The smallest absolute Gasteiger partial charge is 0.307 e. The number of carboxylic acids is 1. The first-order chi connectivity index (χ1) is 11.1. The Morgan fingerprint density at radius 1 is 0.957 bits per heavy atom. The quantitative estimate of drug-likeness (QED) is 0.374. The number of hydrogen-bond acceptors (Lipinski definition) is 2. The van der Waals surface area contributed by atoms with Crippen molar-refractivity contribution in [3.05, 3.63) is 12.2 Å². The molecular weight excluding hydrogens is 290 g/mol. The van der Waals surface area contributed by atoms with Gasteiger partial charge in [0.05, 0.1) is 5.92 Å². The maximum Gasteiger partial charge on any atom is 0.307 e. The number of carbonyl (C=O) groups excluding carboxylic acids is 1. The summed E-state index contributed by atoms with van der Waals surface area (Å²) in [5.41, 5.74) is 0. The van der Waals surface area contributed by atoms with Crippen molar-refractivity contribution >= 4 is 11.9 Å². The number of hydrogen-bond donors (Lipinski definition) is 1. The normalized spacial score (nSPS) is 12.5. The zero-order valence-electron chi connectivity index (χ0n) is 15.2. The number of carbonyl (C=O) groups is 2. The number of amides is 1. The van der Waals surface area contributed by atoms with Crippen LogP contribution in [0.4, 0.5) is 0 Å². The van der Waals surface area contributed by atoms with Crippen LogP contribution in [-0.4, -0.2) is 35.0 Å². The Kier molecular flexibility index (Phi) is 13.5. The highest BCUT2D eigenvalue weighted by Gasteiger charge is 2.22. The molecule has 0 saturated carbocycles. The highest BCUT2D eigenvalue weighted by Crippen LogP contribution is 2.15. The predicted octanol–water partition coefficient (Wildman–Crippen LogP) is 4.64. The minimum atomic E-state index is -0.853. The molecule has 0 aliphatic carbocycles. The maximum absolute atomic E-state index is 12.0. The molecule has 0 aliphatic heterocycles. The van der Waals surface area contributed by atoms with Gasteiger partial charge in [0.1, 0.15) is 0 Å². The molecule has 1 amide bonds. The van der Waals surface area contributed by atoms with Gasteiger partial charge < -0.3 is 10.0 Å².